The molecule has 4 heteroatoms. The zero-order valence-electron chi connectivity index (χ0n) is 8.27. The van der Waals surface area contributed by atoms with Crippen molar-refractivity contribution in [3.63, 3.8) is 0 Å². The van der Waals surface area contributed by atoms with Gasteiger partial charge in [0.25, 0.3) is 0 Å². The molecule has 0 bridgehead atoms. The third-order valence-electron chi connectivity index (χ3n) is 2.31. The van der Waals surface area contributed by atoms with Gasteiger partial charge in [0, 0.05) is 11.1 Å². The Labute approximate surface area is 91.6 Å². The van der Waals surface area contributed by atoms with E-state index in [0.29, 0.717) is 5.56 Å². The first kappa shape index (κ1) is 10.3. The van der Waals surface area contributed by atoms with Crippen LogP contribution in [0.4, 0.5) is 4.39 Å². The summed E-state index contributed by atoms with van der Waals surface area (Å²) in [5, 5.41) is 0. The van der Waals surface area contributed by atoms with Gasteiger partial charge >= 0.3 is 0 Å². The lowest BCUT2D eigenvalue weighted by Gasteiger charge is -2.10. The van der Waals surface area contributed by atoms with Crippen molar-refractivity contribution in [1.29, 1.82) is 0 Å². The summed E-state index contributed by atoms with van der Waals surface area (Å²) in [6, 6.07) is 4.79. The van der Waals surface area contributed by atoms with E-state index < -0.39 is 0 Å². The molecule has 0 radical (unpaired) electrons. The van der Waals surface area contributed by atoms with Gasteiger partial charge in [0.15, 0.2) is 0 Å². The SMILES string of the molecule is Cc1ccc(C(N)c2cncs2)cc1F. The van der Waals surface area contributed by atoms with E-state index >= 15 is 0 Å². The highest BCUT2D eigenvalue weighted by molar-refractivity contribution is 7.09. The lowest BCUT2D eigenvalue weighted by atomic mass is 10.0. The summed E-state index contributed by atoms with van der Waals surface area (Å²) in [4.78, 5) is 4.90. The Morgan fingerprint density at radius 1 is 1.47 bits per heavy atom. The van der Waals surface area contributed by atoms with Crippen LogP contribution in [0.5, 0.6) is 0 Å². The van der Waals surface area contributed by atoms with E-state index in [0.717, 1.165) is 10.4 Å². The van der Waals surface area contributed by atoms with Crippen molar-refractivity contribution in [2.24, 2.45) is 5.73 Å². The summed E-state index contributed by atoms with van der Waals surface area (Å²) in [5.41, 5.74) is 9.12. The third-order valence-corrected chi connectivity index (χ3v) is 3.17. The number of hydrogen-bond donors (Lipinski definition) is 1. The Hall–Kier alpha value is -1.26. The van der Waals surface area contributed by atoms with Gasteiger partial charge < -0.3 is 5.73 Å². The van der Waals surface area contributed by atoms with E-state index in [9.17, 15) is 4.39 Å². The maximum absolute atomic E-state index is 13.3. The second kappa shape index (κ2) is 4.08. The molecule has 0 aliphatic heterocycles. The Balaban J connectivity index is 2.34. The molecule has 0 saturated heterocycles. The van der Waals surface area contributed by atoms with Crippen LogP contribution in [0.25, 0.3) is 0 Å². The monoisotopic (exact) mass is 222 g/mol. The maximum atomic E-state index is 13.3. The van der Waals surface area contributed by atoms with Gasteiger partial charge in [-0.15, -0.1) is 11.3 Å². The van der Waals surface area contributed by atoms with Crippen molar-refractivity contribution < 1.29 is 4.39 Å². The topological polar surface area (TPSA) is 38.9 Å². The summed E-state index contributed by atoms with van der Waals surface area (Å²) in [7, 11) is 0. The predicted molar refractivity (Wildman–Crippen MR) is 59.3 cm³/mol. The summed E-state index contributed by atoms with van der Waals surface area (Å²) in [6.45, 7) is 1.73. The van der Waals surface area contributed by atoms with Crippen molar-refractivity contribution in [1.82, 2.24) is 4.98 Å². The fourth-order valence-electron chi connectivity index (χ4n) is 1.35. The van der Waals surface area contributed by atoms with Gasteiger partial charge in [0.05, 0.1) is 11.6 Å². The summed E-state index contributed by atoms with van der Waals surface area (Å²) >= 11 is 1.48. The highest BCUT2D eigenvalue weighted by Crippen LogP contribution is 2.23. The van der Waals surface area contributed by atoms with Crippen LogP contribution in [0.2, 0.25) is 0 Å². The molecule has 1 heterocycles. The molecule has 2 nitrogen and oxygen atoms in total. The van der Waals surface area contributed by atoms with Crippen LogP contribution < -0.4 is 5.73 Å². The van der Waals surface area contributed by atoms with E-state index in [1.165, 1.54) is 17.4 Å². The average Bonchev–Trinajstić information content (AvgIpc) is 2.74. The van der Waals surface area contributed by atoms with Crippen LogP contribution in [-0.4, -0.2) is 4.98 Å². The van der Waals surface area contributed by atoms with Crippen molar-refractivity contribution in [2.45, 2.75) is 13.0 Å². The molecule has 0 spiro atoms. The molecule has 2 aromatic rings. The number of aryl methyl sites for hydroxylation is 1. The van der Waals surface area contributed by atoms with Crippen LogP contribution in [0.15, 0.2) is 29.9 Å². The first-order valence-corrected chi connectivity index (χ1v) is 5.46. The minimum atomic E-state index is -0.285. The van der Waals surface area contributed by atoms with Gasteiger partial charge in [-0.2, -0.15) is 0 Å². The van der Waals surface area contributed by atoms with Gasteiger partial charge in [-0.3, -0.25) is 4.98 Å². The average molecular weight is 222 g/mol. The Kier molecular flexibility index (Phi) is 2.79. The summed E-state index contributed by atoms with van der Waals surface area (Å²) in [6.07, 6.45) is 1.72. The predicted octanol–water partition coefficient (Wildman–Crippen LogP) is 2.64. The number of aromatic nitrogens is 1. The molecule has 78 valence electrons. The van der Waals surface area contributed by atoms with Gasteiger partial charge in [-0.25, -0.2) is 4.39 Å². The molecular weight excluding hydrogens is 211 g/mol. The number of nitrogens with two attached hydrogens (primary N) is 1. The van der Waals surface area contributed by atoms with E-state index in [4.69, 9.17) is 5.73 Å². The summed E-state index contributed by atoms with van der Waals surface area (Å²) in [5.74, 6) is -0.215. The second-order valence-corrected chi connectivity index (χ2v) is 4.31. The molecule has 0 amide bonds. The number of thiazole rings is 1. The molecule has 0 fully saturated rings. The fraction of sp³-hybridized carbons (Fsp3) is 0.182. The Morgan fingerprint density at radius 2 is 2.27 bits per heavy atom. The Morgan fingerprint density at radius 3 is 2.87 bits per heavy atom. The minimum Gasteiger partial charge on any atom is -0.320 e. The van der Waals surface area contributed by atoms with Crippen LogP contribution in [0.1, 0.15) is 22.0 Å². The van der Waals surface area contributed by atoms with E-state index in [1.54, 1.807) is 24.7 Å². The van der Waals surface area contributed by atoms with Gasteiger partial charge in [0.1, 0.15) is 5.82 Å². The molecule has 0 aliphatic carbocycles. The highest BCUT2D eigenvalue weighted by Gasteiger charge is 2.11. The van der Waals surface area contributed by atoms with Gasteiger partial charge in [0.2, 0.25) is 0 Å². The maximum Gasteiger partial charge on any atom is 0.126 e. The third kappa shape index (κ3) is 2.06. The molecular formula is C11H11FN2S. The van der Waals surface area contributed by atoms with Crippen molar-refractivity contribution in [2.75, 3.05) is 0 Å². The van der Waals surface area contributed by atoms with E-state index in [1.807, 2.05) is 6.07 Å². The minimum absolute atomic E-state index is 0.215. The fourth-order valence-corrected chi connectivity index (χ4v) is 1.99. The zero-order valence-corrected chi connectivity index (χ0v) is 9.09. The zero-order chi connectivity index (χ0) is 10.8. The molecule has 2 N–H and O–H groups in total. The van der Waals surface area contributed by atoms with Gasteiger partial charge in [-0.1, -0.05) is 12.1 Å². The lowest BCUT2D eigenvalue weighted by Crippen LogP contribution is -2.10. The molecule has 0 aliphatic rings. The van der Waals surface area contributed by atoms with Gasteiger partial charge in [-0.05, 0) is 24.1 Å². The largest absolute Gasteiger partial charge is 0.320 e. The van der Waals surface area contributed by atoms with Crippen molar-refractivity contribution in [3.05, 3.63) is 51.7 Å². The van der Waals surface area contributed by atoms with Crippen molar-refractivity contribution in [3.8, 4) is 0 Å². The quantitative estimate of drug-likeness (QED) is 0.848. The molecule has 1 unspecified atom stereocenters. The number of nitrogens with zero attached hydrogens (tertiary/aromatic N) is 1. The van der Waals surface area contributed by atoms with Crippen LogP contribution in [-0.2, 0) is 0 Å². The lowest BCUT2D eigenvalue weighted by molar-refractivity contribution is 0.614. The molecule has 1 atom stereocenters. The van der Waals surface area contributed by atoms with E-state index in [2.05, 4.69) is 4.98 Å². The van der Waals surface area contributed by atoms with Crippen LogP contribution in [0.3, 0.4) is 0 Å². The van der Waals surface area contributed by atoms with Crippen molar-refractivity contribution >= 4 is 11.3 Å². The number of rotatable bonds is 2. The summed E-state index contributed by atoms with van der Waals surface area (Å²) < 4.78 is 13.3. The smallest absolute Gasteiger partial charge is 0.126 e. The molecule has 15 heavy (non-hydrogen) atoms. The molecule has 1 aromatic heterocycles. The molecule has 1 aromatic carbocycles. The normalized spacial score (nSPS) is 12.7. The Bertz CT molecular complexity index is 454. The first-order chi connectivity index (χ1) is 7.18. The number of benzene rings is 1. The van der Waals surface area contributed by atoms with Crippen LogP contribution >= 0.6 is 11.3 Å². The molecule has 2 rings (SSSR count). The molecule has 0 saturated carbocycles. The number of hydrogen-bond acceptors (Lipinski definition) is 3. The van der Waals surface area contributed by atoms with E-state index in [-0.39, 0.29) is 11.9 Å². The first-order valence-electron chi connectivity index (χ1n) is 4.58. The standard InChI is InChI=1S/C11H11FN2S/c1-7-2-3-8(4-9(7)12)11(13)10-5-14-6-15-10/h2-6,11H,13H2,1H3. The van der Waals surface area contributed by atoms with Crippen LogP contribution in [0, 0.1) is 12.7 Å². The highest BCUT2D eigenvalue weighted by atomic mass is 32.1. The second-order valence-electron chi connectivity index (χ2n) is 3.39. The number of halogens is 1.